The van der Waals surface area contributed by atoms with Gasteiger partial charge in [-0.15, -0.1) is 0 Å². The van der Waals surface area contributed by atoms with Crippen LogP contribution in [0.25, 0.3) is 27.9 Å². The molecule has 9 nitrogen and oxygen atoms in total. The predicted octanol–water partition coefficient (Wildman–Crippen LogP) is 3.96. The highest BCUT2D eigenvalue weighted by Crippen LogP contribution is 2.37. The Labute approximate surface area is 204 Å². The fourth-order valence-corrected chi connectivity index (χ4v) is 5.48. The van der Waals surface area contributed by atoms with Gasteiger partial charge >= 0.3 is 0 Å². The van der Waals surface area contributed by atoms with E-state index in [0.717, 1.165) is 73.7 Å². The summed E-state index contributed by atoms with van der Waals surface area (Å²) in [4.78, 5) is 15.7. The summed E-state index contributed by atoms with van der Waals surface area (Å²) < 4.78 is 19.1. The van der Waals surface area contributed by atoms with Crippen molar-refractivity contribution in [1.29, 1.82) is 0 Å². The van der Waals surface area contributed by atoms with Gasteiger partial charge in [0, 0.05) is 49.7 Å². The van der Waals surface area contributed by atoms with E-state index in [1.807, 2.05) is 12.3 Å². The van der Waals surface area contributed by atoms with Gasteiger partial charge in [0.05, 0.1) is 36.1 Å². The molecular weight excluding hydrogens is 444 g/mol. The SMILES string of the molecule is COc1cc(-c2[nH]c3ccc(C4CN(C5CCOCC5)CCO4)nc3c2C(C)C)cn2ncnc12. The molecule has 2 aliphatic rings. The average molecular weight is 477 g/mol. The molecule has 2 fully saturated rings. The van der Waals surface area contributed by atoms with Crippen molar-refractivity contribution in [2.45, 2.75) is 44.8 Å². The molecule has 0 amide bonds. The number of ether oxygens (including phenoxy) is 3. The summed E-state index contributed by atoms with van der Waals surface area (Å²) in [6.07, 6.45) is 5.69. The molecule has 1 atom stereocenters. The van der Waals surface area contributed by atoms with Gasteiger partial charge in [-0.1, -0.05) is 13.8 Å². The second-order valence-corrected chi connectivity index (χ2v) is 9.72. The lowest BCUT2D eigenvalue weighted by Gasteiger charge is -2.39. The van der Waals surface area contributed by atoms with E-state index in [9.17, 15) is 0 Å². The Hall–Kier alpha value is -3.01. The number of H-pyrrole nitrogens is 1. The first-order chi connectivity index (χ1) is 17.1. The summed E-state index contributed by atoms with van der Waals surface area (Å²) in [7, 11) is 1.66. The number of fused-ring (bicyclic) bond motifs is 2. The Kier molecular flexibility index (Phi) is 5.91. The molecule has 4 aromatic heterocycles. The largest absolute Gasteiger partial charge is 0.493 e. The number of aromatic nitrogens is 5. The molecule has 0 aromatic carbocycles. The molecule has 6 rings (SSSR count). The van der Waals surface area contributed by atoms with E-state index < -0.39 is 0 Å². The van der Waals surface area contributed by atoms with Crippen LogP contribution < -0.4 is 4.74 Å². The Balaban J connectivity index is 1.38. The Morgan fingerprint density at radius 1 is 1.17 bits per heavy atom. The highest BCUT2D eigenvalue weighted by atomic mass is 16.5. The lowest BCUT2D eigenvalue weighted by Crippen LogP contribution is -2.47. The van der Waals surface area contributed by atoms with Gasteiger partial charge in [-0.3, -0.25) is 4.90 Å². The molecule has 0 radical (unpaired) electrons. The fourth-order valence-electron chi connectivity index (χ4n) is 5.48. The summed E-state index contributed by atoms with van der Waals surface area (Å²) in [6.45, 7) is 8.69. The van der Waals surface area contributed by atoms with Crippen LogP contribution in [0.2, 0.25) is 0 Å². The van der Waals surface area contributed by atoms with Crippen LogP contribution in [0.1, 0.15) is 50.0 Å². The number of nitrogens with one attached hydrogen (secondary N) is 1. The van der Waals surface area contributed by atoms with Crippen molar-refractivity contribution in [3.8, 4) is 17.0 Å². The minimum atomic E-state index is -0.0269. The molecule has 2 aliphatic heterocycles. The van der Waals surface area contributed by atoms with Gasteiger partial charge in [-0.05, 0) is 37.0 Å². The smallest absolute Gasteiger partial charge is 0.197 e. The zero-order chi connectivity index (χ0) is 23.9. The molecule has 0 saturated carbocycles. The summed E-state index contributed by atoms with van der Waals surface area (Å²) in [5.41, 5.74) is 6.90. The van der Waals surface area contributed by atoms with E-state index in [1.165, 1.54) is 11.9 Å². The number of nitrogens with zero attached hydrogens (tertiary/aromatic N) is 5. The molecule has 6 heterocycles. The Bertz CT molecular complexity index is 1340. The van der Waals surface area contributed by atoms with Gasteiger partial charge < -0.3 is 19.2 Å². The van der Waals surface area contributed by atoms with Gasteiger partial charge in [-0.2, -0.15) is 5.10 Å². The minimum Gasteiger partial charge on any atom is -0.493 e. The zero-order valence-corrected chi connectivity index (χ0v) is 20.5. The predicted molar refractivity (Wildman–Crippen MR) is 133 cm³/mol. The first-order valence-corrected chi connectivity index (χ1v) is 12.5. The molecule has 184 valence electrons. The normalized spacial score (nSPS) is 20.3. The van der Waals surface area contributed by atoms with E-state index in [2.05, 4.69) is 45.9 Å². The lowest BCUT2D eigenvalue weighted by molar-refractivity contribution is -0.0646. The minimum absolute atomic E-state index is 0.0269. The van der Waals surface area contributed by atoms with Crippen LogP contribution >= 0.6 is 0 Å². The number of rotatable bonds is 5. The third-order valence-corrected chi connectivity index (χ3v) is 7.26. The summed E-state index contributed by atoms with van der Waals surface area (Å²) in [5.74, 6) is 0.954. The lowest BCUT2D eigenvalue weighted by atomic mass is 9.98. The van der Waals surface area contributed by atoms with Crippen molar-refractivity contribution in [3.63, 3.8) is 0 Å². The fraction of sp³-hybridized carbons (Fsp3) is 0.500. The monoisotopic (exact) mass is 476 g/mol. The topological polar surface area (TPSA) is 89.8 Å². The zero-order valence-electron chi connectivity index (χ0n) is 20.5. The van der Waals surface area contributed by atoms with Crippen LogP contribution in [0.5, 0.6) is 5.75 Å². The number of methoxy groups -OCH3 is 1. The van der Waals surface area contributed by atoms with Crippen molar-refractivity contribution in [2.75, 3.05) is 40.0 Å². The maximum Gasteiger partial charge on any atom is 0.197 e. The van der Waals surface area contributed by atoms with Crippen molar-refractivity contribution in [1.82, 2.24) is 29.5 Å². The maximum absolute atomic E-state index is 6.21. The third kappa shape index (κ3) is 4.07. The van der Waals surface area contributed by atoms with Crippen molar-refractivity contribution >= 4 is 16.7 Å². The Morgan fingerprint density at radius 2 is 2.03 bits per heavy atom. The van der Waals surface area contributed by atoms with Gasteiger partial charge in [-0.25, -0.2) is 14.5 Å². The number of pyridine rings is 2. The van der Waals surface area contributed by atoms with E-state index in [4.69, 9.17) is 19.2 Å². The molecule has 1 N–H and O–H groups in total. The molecule has 0 bridgehead atoms. The molecule has 1 unspecified atom stereocenters. The maximum atomic E-state index is 6.21. The molecule has 35 heavy (non-hydrogen) atoms. The first-order valence-electron chi connectivity index (χ1n) is 12.5. The van der Waals surface area contributed by atoms with Crippen LogP contribution in [0.15, 0.2) is 30.7 Å². The second-order valence-electron chi connectivity index (χ2n) is 9.72. The van der Waals surface area contributed by atoms with Crippen LogP contribution in [-0.2, 0) is 9.47 Å². The van der Waals surface area contributed by atoms with Crippen molar-refractivity contribution in [2.24, 2.45) is 0 Å². The standard InChI is InChI=1S/C26H32N6O3/c1-16(2)23-24(17-12-21(33-3)26-27-15-28-32(26)13-17)30-20-5-4-19(29-25(20)23)22-14-31(8-11-35-22)18-6-9-34-10-7-18/h4-5,12-13,15-16,18,22,30H,6-11,14H2,1-3H3. The van der Waals surface area contributed by atoms with E-state index in [-0.39, 0.29) is 12.0 Å². The van der Waals surface area contributed by atoms with Crippen LogP contribution in [0.4, 0.5) is 0 Å². The van der Waals surface area contributed by atoms with Gasteiger partial charge in [0.15, 0.2) is 11.4 Å². The van der Waals surface area contributed by atoms with E-state index in [0.29, 0.717) is 17.4 Å². The van der Waals surface area contributed by atoms with Gasteiger partial charge in [0.2, 0.25) is 0 Å². The number of hydrogen-bond donors (Lipinski definition) is 1. The molecule has 9 heteroatoms. The quantitative estimate of drug-likeness (QED) is 0.466. The Morgan fingerprint density at radius 3 is 2.83 bits per heavy atom. The first kappa shape index (κ1) is 22.5. The van der Waals surface area contributed by atoms with Gasteiger partial charge in [0.25, 0.3) is 0 Å². The van der Waals surface area contributed by atoms with Crippen LogP contribution in [0, 0.1) is 0 Å². The third-order valence-electron chi connectivity index (χ3n) is 7.26. The van der Waals surface area contributed by atoms with Gasteiger partial charge in [0.1, 0.15) is 12.4 Å². The van der Waals surface area contributed by atoms with Crippen molar-refractivity contribution in [3.05, 3.63) is 42.0 Å². The average Bonchev–Trinajstić information content (AvgIpc) is 3.53. The summed E-state index contributed by atoms with van der Waals surface area (Å²) in [6, 6.07) is 6.82. The van der Waals surface area contributed by atoms with Crippen LogP contribution in [0.3, 0.4) is 0 Å². The van der Waals surface area contributed by atoms with Crippen LogP contribution in [-0.4, -0.2) is 75.5 Å². The second kappa shape index (κ2) is 9.22. The molecule has 4 aromatic rings. The summed E-state index contributed by atoms with van der Waals surface area (Å²) in [5, 5.41) is 4.33. The highest BCUT2D eigenvalue weighted by Gasteiger charge is 2.30. The van der Waals surface area contributed by atoms with E-state index in [1.54, 1.807) is 11.6 Å². The summed E-state index contributed by atoms with van der Waals surface area (Å²) >= 11 is 0. The number of hydrogen-bond acceptors (Lipinski definition) is 7. The number of morpholine rings is 1. The van der Waals surface area contributed by atoms with E-state index >= 15 is 0 Å². The molecule has 2 saturated heterocycles. The molecular formula is C26H32N6O3. The van der Waals surface area contributed by atoms with Crippen molar-refractivity contribution < 1.29 is 14.2 Å². The molecule has 0 spiro atoms. The number of aromatic amines is 1. The molecule has 0 aliphatic carbocycles. The highest BCUT2D eigenvalue weighted by molar-refractivity contribution is 5.89.